The van der Waals surface area contributed by atoms with Crippen molar-refractivity contribution < 1.29 is 0 Å². The van der Waals surface area contributed by atoms with Crippen LogP contribution in [0.2, 0.25) is 5.02 Å². The molecule has 0 aliphatic rings. The smallest absolute Gasteiger partial charge is 0.309 e. The minimum atomic E-state index is -0.390. The zero-order valence-electron chi connectivity index (χ0n) is 16.9. The van der Waals surface area contributed by atoms with Gasteiger partial charge in [-0.05, 0) is 30.2 Å². The summed E-state index contributed by atoms with van der Waals surface area (Å²) in [5.41, 5.74) is 3.43. The predicted molar refractivity (Wildman–Crippen MR) is 122 cm³/mol. The van der Waals surface area contributed by atoms with Crippen LogP contribution in [0.25, 0.3) is 11.2 Å². The van der Waals surface area contributed by atoms with Gasteiger partial charge < -0.3 is 4.57 Å². The topological polar surface area (TPSA) is 61.8 Å². The molecule has 2 heterocycles. The van der Waals surface area contributed by atoms with E-state index in [1.165, 1.54) is 17.2 Å². The monoisotopic (exact) mass is 440 g/mol. The van der Waals surface area contributed by atoms with Crippen LogP contribution in [0.4, 0.5) is 0 Å². The van der Waals surface area contributed by atoms with Crippen molar-refractivity contribution in [1.82, 2.24) is 18.7 Å². The number of hydrogen-bond donors (Lipinski definition) is 0. The molecule has 4 rings (SSSR count). The van der Waals surface area contributed by atoms with Crippen LogP contribution in [0, 0.1) is 6.92 Å². The van der Waals surface area contributed by atoms with Crippen molar-refractivity contribution in [2.45, 2.75) is 24.4 Å². The Kier molecular flexibility index (Phi) is 5.58. The molecule has 0 saturated carbocycles. The maximum Gasteiger partial charge on any atom is 0.332 e. The average molecular weight is 441 g/mol. The summed E-state index contributed by atoms with van der Waals surface area (Å²) in [7, 11) is 3.13. The third-order valence-electron chi connectivity index (χ3n) is 5.06. The van der Waals surface area contributed by atoms with Crippen molar-refractivity contribution in [2.24, 2.45) is 14.1 Å². The summed E-state index contributed by atoms with van der Waals surface area (Å²) in [5.74, 6) is 0.707. The molecule has 0 aliphatic carbocycles. The molecule has 0 fully saturated rings. The van der Waals surface area contributed by atoms with Crippen molar-refractivity contribution in [2.75, 3.05) is 0 Å². The Morgan fingerprint density at radius 3 is 2.23 bits per heavy atom. The van der Waals surface area contributed by atoms with E-state index in [0.717, 1.165) is 15.7 Å². The number of aryl methyl sites for hydroxylation is 2. The maximum absolute atomic E-state index is 12.9. The Labute approximate surface area is 182 Å². The minimum Gasteiger partial charge on any atom is -0.309 e. The fraction of sp³-hybridized carbons (Fsp3) is 0.227. The summed E-state index contributed by atoms with van der Waals surface area (Å²) in [4.78, 5) is 30.0. The first-order valence-corrected chi connectivity index (χ1v) is 10.8. The fourth-order valence-electron chi connectivity index (χ4n) is 3.29. The van der Waals surface area contributed by atoms with Gasteiger partial charge in [-0.1, -0.05) is 65.3 Å². The summed E-state index contributed by atoms with van der Waals surface area (Å²) >= 11 is 7.56. The summed E-state index contributed by atoms with van der Waals surface area (Å²) in [5, 5.41) is 1.35. The number of rotatable bonds is 5. The largest absolute Gasteiger partial charge is 0.332 e. The molecule has 0 saturated heterocycles. The molecule has 2 aromatic carbocycles. The summed E-state index contributed by atoms with van der Waals surface area (Å²) in [6.07, 6.45) is 0. The highest BCUT2D eigenvalue weighted by Gasteiger charge is 2.19. The quantitative estimate of drug-likeness (QED) is 0.443. The first kappa shape index (κ1) is 20.5. The zero-order valence-corrected chi connectivity index (χ0v) is 18.5. The molecular formula is C22H21ClN4O2S. The molecular weight excluding hydrogens is 420 g/mol. The molecule has 8 heteroatoms. The normalized spacial score (nSPS) is 11.3. The van der Waals surface area contributed by atoms with Crippen LogP contribution in [0.15, 0.2) is 63.3 Å². The first-order chi connectivity index (χ1) is 14.3. The third-order valence-corrected chi connectivity index (χ3v) is 6.35. The predicted octanol–water partition coefficient (Wildman–Crippen LogP) is 3.74. The molecule has 0 radical (unpaired) electrons. The van der Waals surface area contributed by atoms with Gasteiger partial charge >= 0.3 is 5.69 Å². The number of thioether (sulfide) groups is 1. The highest BCUT2D eigenvalue weighted by atomic mass is 35.5. The third kappa shape index (κ3) is 3.82. The molecule has 0 unspecified atom stereocenters. The van der Waals surface area contributed by atoms with Crippen LogP contribution >= 0.6 is 23.4 Å². The van der Waals surface area contributed by atoms with Gasteiger partial charge in [0.2, 0.25) is 0 Å². The minimum absolute atomic E-state index is 0.350. The summed E-state index contributed by atoms with van der Waals surface area (Å²) in [6, 6.07) is 15.8. The Bertz CT molecular complexity index is 1340. The van der Waals surface area contributed by atoms with Gasteiger partial charge in [0.15, 0.2) is 16.3 Å². The van der Waals surface area contributed by atoms with E-state index in [4.69, 9.17) is 11.6 Å². The lowest BCUT2D eigenvalue weighted by Crippen LogP contribution is -2.37. The molecule has 2 aromatic heterocycles. The van der Waals surface area contributed by atoms with Gasteiger partial charge in [0, 0.05) is 24.9 Å². The lowest BCUT2D eigenvalue weighted by atomic mass is 10.2. The van der Waals surface area contributed by atoms with E-state index in [1.807, 2.05) is 28.8 Å². The van der Waals surface area contributed by atoms with E-state index >= 15 is 0 Å². The van der Waals surface area contributed by atoms with Gasteiger partial charge in [-0.2, -0.15) is 0 Å². The lowest BCUT2D eigenvalue weighted by molar-refractivity contribution is 0.696. The molecule has 0 bridgehead atoms. The number of benzene rings is 2. The Balaban J connectivity index is 1.82. The summed E-state index contributed by atoms with van der Waals surface area (Å²) in [6.45, 7) is 2.51. The van der Waals surface area contributed by atoms with Gasteiger partial charge in [0.1, 0.15) is 0 Å². The van der Waals surface area contributed by atoms with Crippen LogP contribution in [-0.2, 0) is 26.4 Å². The first-order valence-electron chi connectivity index (χ1n) is 9.44. The van der Waals surface area contributed by atoms with Crippen LogP contribution in [-0.4, -0.2) is 18.7 Å². The molecule has 0 N–H and O–H groups in total. The van der Waals surface area contributed by atoms with E-state index in [9.17, 15) is 9.59 Å². The molecule has 0 aliphatic heterocycles. The zero-order chi connectivity index (χ0) is 21.4. The van der Waals surface area contributed by atoms with Crippen molar-refractivity contribution >= 4 is 34.5 Å². The van der Waals surface area contributed by atoms with Crippen LogP contribution in [0.3, 0.4) is 0 Å². The van der Waals surface area contributed by atoms with Gasteiger partial charge in [-0.3, -0.25) is 13.9 Å². The highest BCUT2D eigenvalue weighted by molar-refractivity contribution is 7.98. The number of fused-ring (bicyclic) bond motifs is 1. The van der Waals surface area contributed by atoms with Crippen LogP contribution in [0.5, 0.6) is 0 Å². The Hall–Kier alpha value is -2.77. The second-order valence-corrected chi connectivity index (χ2v) is 8.64. The van der Waals surface area contributed by atoms with Gasteiger partial charge in [0.05, 0.1) is 6.54 Å². The number of hydrogen-bond acceptors (Lipinski definition) is 4. The second-order valence-electron chi connectivity index (χ2n) is 7.26. The van der Waals surface area contributed by atoms with E-state index < -0.39 is 5.69 Å². The van der Waals surface area contributed by atoms with Crippen molar-refractivity contribution in [1.29, 1.82) is 0 Å². The number of halogens is 1. The molecule has 30 heavy (non-hydrogen) atoms. The highest BCUT2D eigenvalue weighted by Crippen LogP contribution is 2.26. The number of nitrogens with zero attached hydrogens (tertiary/aromatic N) is 4. The second kappa shape index (κ2) is 8.16. The van der Waals surface area contributed by atoms with E-state index in [2.05, 4.69) is 36.2 Å². The lowest BCUT2D eigenvalue weighted by Gasteiger charge is -2.10. The van der Waals surface area contributed by atoms with Gasteiger partial charge in [-0.25, -0.2) is 9.78 Å². The molecule has 154 valence electrons. The fourth-order valence-corrected chi connectivity index (χ4v) is 4.36. The molecule has 0 amide bonds. The van der Waals surface area contributed by atoms with Gasteiger partial charge in [-0.15, -0.1) is 0 Å². The Morgan fingerprint density at radius 1 is 0.933 bits per heavy atom. The van der Waals surface area contributed by atoms with Crippen LogP contribution < -0.4 is 11.2 Å². The Morgan fingerprint density at radius 2 is 1.57 bits per heavy atom. The maximum atomic E-state index is 12.9. The van der Waals surface area contributed by atoms with E-state index in [0.29, 0.717) is 33.6 Å². The standard InChI is InChI=1S/C22H21ClN4O2S/c1-14-4-6-16(7-5-14)13-30-21-24-19-18(20(28)26(3)22(29)25(19)2)27(21)12-15-8-10-17(23)11-9-15/h4-11H,12-13H2,1-3H3. The molecule has 0 atom stereocenters. The van der Waals surface area contributed by atoms with Crippen molar-refractivity contribution in [3.63, 3.8) is 0 Å². The molecule has 6 nitrogen and oxygen atoms in total. The van der Waals surface area contributed by atoms with Gasteiger partial charge in [0.25, 0.3) is 5.56 Å². The number of imidazole rings is 1. The number of aromatic nitrogens is 4. The average Bonchev–Trinajstić information content (AvgIpc) is 3.10. The van der Waals surface area contributed by atoms with Crippen molar-refractivity contribution in [3.8, 4) is 0 Å². The van der Waals surface area contributed by atoms with E-state index in [-0.39, 0.29) is 5.56 Å². The summed E-state index contributed by atoms with van der Waals surface area (Å²) < 4.78 is 4.43. The molecule has 4 aromatic rings. The molecule has 0 spiro atoms. The SMILES string of the molecule is Cc1ccc(CSc2nc3c(c(=O)n(C)c(=O)n3C)n2Cc2ccc(Cl)cc2)cc1. The van der Waals surface area contributed by atoms with Crippen molar-refractivity contribution in [3.05, 3.63) is 91.1 Å². The van der Waals surface area contributed by atoms with E-state index in [1.54, 1.807) is 18.8 Å². The van der Waals surface area contributed by atoms with Crippen LogP contribution in [0.1, 0.15) is 16.7 Å².